The maximum Gasteiger partial charge on any atom is 0.333 e. The fourth-order valence-corrected chi connectivity index (χ4v) is 4.39. The zero-order valence-corrected chi connectivity index (χ0v) is 23.2. The minimum absolute atomic E-state index is 0.310. The molecule has 0 heterocycles. The van der Waals surface area contributed by atoms with Gasteiger partial charge < -0.3 is 14.0 Å². The standard InChI is InChI=1S/C31H50NO4/c1-6-7-8-9-10-11-12-13-14-18-21-32(22-24-35-30(33)27(2)3,23-25-36-31(34)28(4)5)26-29-19-16-15-17-20-29/h15-17,19-20H,2,4,6-14,18,21-26H2,1,3,5H3/q+1. The smallest absolute Gasteiger partial charge is 0.333 e. The summed E-state index contributed by atoms with van der Waals surface area (Å²) in [4.78, 5) is 24.0. The summed E-state index contributed by atoms with van der Waals surface area (Å²) in [5.74, 6) is -0.721. The highest BCUT2D eigenvalue weighted by molar-refractivity contribution is 5.87. The second kappa shape index (κ2) is 18.8. The molecule has 0 radical (unpaired) electrons. The van der Waals surface area contributed by atoms with Gasteiger partial charge in [0.15, 0.2) is 0 Å². The predicted octanol–water partition coefficient (Wildman–Crippen LogP) is 7.16. The van der Waals surface area contributed by atoms with Gasteiger partial charge in [0.05, 0.1) is 6.54 Å². The van der Waals surface area contributed by atoms with Crippen LogP contribution in [0.1, 0.15) is 90.5 Å². The van der Waals surface area contributed by atoms with Gasteiger partial charge in [0, 0.05) is 16.7 Å². The average molecular weight is 501 g/mol. The van der Waals surface area contributed by atoms with Crippen molar-refractivity contribution in [3.63, 3.8) is 0 Å². The molecule has 0 N–H and O–H groups in total. The van der Waals surface area contributed by atoms with E-state index in [1.807, 2.05) is 18.2 Å². The second-order valence-corrected chi connectivity index (χ2v) is 10.2. The monoisotopic (exact) mass is 500 g/mol. The fraction of sp³-hybridized carbons (Fsp3) is 0.613. The second-order valence-electron chi connectivity index (χ2n) is 10.2. The number of ether oxygens (including phenoxy) is 2. The number of quaternary nitrogens is 1. The average Bonchev–Trinajstić information content (AvgIpc) is 2.85. The van der Waals surface area contributed by atoms with Crippen LogP contribution in [-0.2, 0) is 25.6 Å². The summed E-state index contributed by atoms with van der Waals surface area (Å²) >= 11 is 0. The van der Waals surface area contributed by atoms with Crippen molar-refractivity contribution in [3.8, 4) is 0 Å². The molecule has 0 amide bonds. The van der Waals surface area contributed by atoms with E-state index in [-0.39, 0.29) is 11.9 Å². The van der Waals surface area contributed by atoms with Gasteiger partial charge in [0.1, 0.15) is 32.8 Å². The summed E-state index contributed by atoms with van der Waals surface area (Å²) in [6.45, 7) is 16.6. The molecule has 202 valence electrons. The molecule has 0 aliphatic rings. The molecule has 0 aliphatic heterocycles. The number of unbranched alkanes of at least 4 members (excludes halogenated alkanes) is 9. The molecule has 0 fully saturated rings. The molecular formula is C31H50NO4+. The maximum atomic E-state index is 12.0. The first-order valence-corrected chi connectivity index (χ1v) is 13.8. The molecule has 1 aromatic rings. The van der Waals surface area contributed by atoms with Crippen molar-refractivity contribution in [1.29, 1.82) is 0 Å². The molecule has 0 saturated heterocycles. The highest BCUT2D eigenvalue weighted by atomic mass is 16.5. The molecule has 0 saturated carbocycles. The van der Waals surface area contributed by atoms with E-state index >= 15 is 0 Å². The first-order valence-electron chi connectivity index (χ1n) is 13.8. The van der Waals surface area contributed by atoms with Crippen LogP contribution in [0.5, 0.6) is 0 Å². The Bertz CT molecular complexity index is 755. The van der Waals surface area contributed by atoms with Crippen molar-refractivity contribution in [2.24, 2.45) is 0 Å². The van der Waals surface area contributed by atoms with Crippen LogP contribution in [0.25, 0.3) is 0 Å². The van der Waals surface area contributed by atoms with Crippen molar-refractivity contribution >= 4 is 11.9 Å². The van der Waals surface area contributed by atoms with Crippen molar-refractivity contribution in [1.82, 2.24) is 0 Å². The SMILES string of the molecule is C=C(C)C(=O)OCC[N+](CCCCCCCCCCCC)(CCOC(=O)C(=C)C)Cc1ccccc1. The number of carbonyl (C=O) groups excluding carboxylic acids is 2. The molecule has 0 atom stereocenters. The van der Waals surface area contributed by atoms with Crippen LogP contribution >= 0.6 is 0 Å². The largest absolute Gasteiger partial charge is 0.456 e. The van der Waals surface area contributed by atoms with E-state index in [0.717, 1.165) is 19.5 Å². The highest BCUT2D eigenvalue weighted by Crippen LogP contribution is 2.19. The van der Waals surface area contributed by atoms with E-state index in [1.165, 1.54) is 63.4 Å². The van der Waals surface area contributed by atoms with Crippen molar-refractivity contribution in [2.75, 3.05) is 32.8 Å². The van der Waals surface area contributed by atoms with Crippen LogP contribution in [0.4, 0.5) is 0 Å². The first-order chi connectivity index (χ1) is 17.3. The van der Waals surface area contributed by atoms with Crippen molar-refractivity contribution in [3.05, 3.63) is 60.2 Å². The summed E-state index contributed by atoms with van der Waals surface area (Å²) in [5, 5.41) is 0. The Kier molecular flexibility index (Phi) is 16.5. The lowest BCUT2D eigenvalue weighted by Gasteiger charge is -2.39. The van der Waals surface area contributed by atoms with Crippen molar-refractivity contribution < 1.29 is 23.5 Å². The highest BCUT2D eigenvalue weighted by Gasteiger charge is 2.28. The van der Waals surface area contributed by atoms with Crippen LogP contribution in [0, 0.1) is 0 Å². The van der Waals surface area contributed by atoms with Gasteiger partial charge in [-0.2, -0.15) is 0 Å². The lowest BCUT2D eigenvalue weighted by Crippen LogP contribution is -2.52. The normalized spacial score (nSPS) is 11.2. The third-order valence-electron chi connectivity index (χ3n) is 6.64. The predicted molar refractivity (Wildman–Crippen MR) is 148 cm³/mol. The molecule has 0 aliphatic carbocycles. The third kappa shape index (κ3) is 14.2. The van der Waals surface area contributed by atoms with E-state index in [2.05, 4.69) is 32.2 Å². The van der Waals surface area contributed by atoms with Crippen molar-refractivity contribution in [2.45, 2.75) is 91.5 Å². The number of carbonyl (C=O) groups is 2. The number of rotatable bonds is 21. The van der Waals surface area contributed by atoms with Crippen LogP contribution in [0.15, 0.2) is 54.6 Å². The van der Waals surface area contributed by atoms with E-state index < -0.39 is 0 Å². The van der Waals surface area contributed by atoms with Gasteiger partial charge in [-0.15, -0.1) is 0 Å². The molecule has 5 heteroatoms. The van der Waals surface area contributed by atoms with Crippen LogP contribution in [-0.4, -0.2) is 49.3 Å². The Hall–Kier alpha value is -2.40. The molecule has 0 spiro atoms. The van der Waals surface area contributed by atoms with Crippen LogP contribution < -0.4 is 0 Å². The summed E-state index contributed by atoms with van der Waals surface area (Å²) in [5.41, 5.74) is 2.03. The number of benzene rings is 1. The molecule has 0 bridgehead atoms. The molecule has 0 unspecified atom stereocenters. The third-order valence-corrected chi connectivity index (χ3v) is 6.64. The topological polar surface area (TPSA) is 52.6 Å². The van der Waals surface area contributed by atoms with E-state index in [4.69, 9.17) is 9.47 Å². The fourth-order valence-electron chi connectivity index (χ4n) is 4.39. The maximum absolute atomic E-state index is 12.0. The molecule has 1 rings (SSSR count). The minimum Gasteiger partial charge on any atom is -0.456 e. The molecule has 0 aromatic heterocycles. The summed E-state index contributed by atoms with van der Waals surface area (Å²) in [6.07, 6.45) is 12.8. The van der Waals surface area contributed by atoms with Gasteiger partial charge in [0.2, 0.25) is 0 Å². The van der Waals surface area contributed by atoms with E-state index in [1.54, 1.807) is 13.8 Å². The van der Waals surface area contributed by atoms with Gasteiger partial charge in [-0.3, -0.25) is 0 Å². The quantitative estimate of drug-likeness (QED) is 0.0777. The Morgan fingerprint density at radius 1 is 0.694 bits per heavy atom. The molecule has 1 aromatic carbocycles. The summed E-state index contributed by atoms with van der Waals surface area (Å²) < 4.78 is 11.7. The summed E-state index contributed by atoms with van der Waals surface area (Å²) in [7, 11) is 0. The van der Waals surface area contributed by atoms with Crippen LogP contribution in [0.2, 0.25) is 0 Å². The Labute approximate surface area is 220 Å². The minimum atomic E-state index is -0.361. The zero-order valence-electron chi connectivity index (χ0n) is 23.2. The molecule has 36 heavy (non-hydrogen) atoms. The zero-order chi connectivity index (χ0) is 26.7. The Balaban J connectivity index is 2.77. The number of nitrogens with zero attached hydrogens (tertiary/aromatic N) is 1. The number of hydrogen-bond acceptors (Lipinski definition) is 4. The van der Waals surface area contributed by atoms with Gasteiger partial charge >= 0.3 is 11.9 Å². The Morgan fingerprint density at radius 3 is 1.58 bits per heavy atom. The lowest BCUT2D eigenvalue weighted by molar-refractivity contribution is -0.941. The van der Waals surface area contributed by atoms with Gasteiger partial charge in [-0.1, -0.05) is 102 Å². The van der Waals surface area contributed by atoms with E-state index in [0.29, 0.717) is 41.9 Å². The molecular weight excluding hydrogens is 450 g/mol. The van der Waals surface area contributed by atoms with Gasteiger partial charge in [-0.25, -0.2) is 9.59 Å². The molecule has 5 nitrogen and oxygen atoms in total. The lowest BCUT2D eigenvalue weighted by atomic mass is 10.1. The number of esters is 2. The van der Waals surface area contributed by atoms with Crippen LogP contribution in [0.3, 0.4) is 0 Å². The Morgan fingerprint density at radius 2 is 1.14 bits per heavy atom. The summed E-state index contributed by atoms with van der Waals surface area (Å²) in [6, 6.07) is 10.4. The first kappa shape index (κ1) is 31.6. The number of hydrogen-bond donors (Lipinski definition) is 0. The van der Waals surface area contributed by atoms with Gasteiger partial charge in [-0.05, 0) is 26.7 Å². The van der Waals surface area contributed by atoms with E-state index in [9.17, 15) is 9.59 Å². The van der Waals surface area contributed by atoms with Gasteiger partial charge in [0.25, 0.3) is 0 Å².